The van der Waals surface area contributed by atoms with Gasteiger partial charge in [0.15, 0.2) is 0 Å². The van der Waals surface area contributed by atoms with Crippen LogP contribution in [0.1, 0.15) is 31.0 Å². The lowest BCUT2D eigenvalue weighted by Crippen LogP contribution is -2.19. The molecule has 19 heavy (non-hydrogen) atoms. The Morgan fingerprint density at radius 2 is 2.26 bits per heavy atom. The molecule has 0 saturated heterocycles. The molecule has 0 fully saturated rings. The van der Waals surface area contributed by atoms with E-state index in [1.807, 2.05) is 20.8 Å². The number of nitrogens with one attached hydrogen (secondary N) is 1. The number of aromatic nitrogens is 4. The number of rotatable bonds is 4. The fourth-order valence-electron chi connectivity index (χ4n) is 1.96. The molecule has 6 heteroatoms. The molecular formula is C13H17N5O. The highest BCUT2D eigenvalue weighted by Gasteiger charge is 2.14. The van der Waals surface area contributed by atoms with E-state index in [2.05, 4.69) is 20.4 Å². The van der Waals surface area contributed by atoms with Gasteiger partial charge in [-0.3, -0.25) is 9.78 Å². The number of carbonyl (C=O) groups excluding carboxylic acids is 1. The third-order valence-electron chi connectivity index (χ3n) is 2.75. The van der Waals surface area contributed by atoms with Crippen molar-refractivity contribution in [3.8, 4) is 0 Å². The van der Waals surface area contributed by atoms with Gasteiger partial charge in [-0.2, -0.15) is 5.10 Å². The summed E-state index contributed by atoms with van der Waals surface area (Å²) in [5.74, 6) is 1.48. The number of carbonyl (C=O) groups is 1. The van der Waals surface area contributed by atoms with E-state index in [4.69, 9.17) is 0 Å². The van der Waals surface area contributed by atoms with Crippen molar-refractivity contribution in [1.29, 1.82) is 0 Å². The van der Waals surface area contributed by atoms with Gasteiger partial charge in [0.05, 0.1) is 17.9 Å². The molecular weight excluding hydrogens is 242 g/mol. The van der Waals surface area contributed by atoms with Gasteiger partial charge >= 0.3 is 0 Å². The molecule has 0 unspecified atom stereocenters. The molecule has 6 nitrogen and oxygen atoms in total. The van der Waals surface area contributed by atoms with Gasteiger partial charge in [0, 0.05) is 12.6 Å². The van der Waals surface area contributed by atoms with Crippen molar-refractivity contribution in [2.24, 2.45) is 0 Å². The van der Waals surface area contributed by atoms with Crippen molar-refractivity contribution in [3.63, 3.8) is 0 Å². The minimum Gasteiger partial charge on any atom is -0.325 e. The zero-order valence-corrected chi connectivity index (χ0v) is 11.3. The highest BCUT2D eigenvalue weighted by atomic mass is 16.1. The van der Waals surface area contributed by atoms with Gasteiger partial charge in [-0.1, -0.05) is 0 Å². The smallest absolute Gasteiger partial charge is 0.226 e. The van der Waals surface area contributed by atoms with Gasteiger partial charge in [0.25, 0.3) is 0 Å². The molecule has 2 heterocycles. The van der Waals surface area contributed by atoms with Crippen LogP contribution in [0.25, 0.3) is 0 Å². The van der Waals surface area contributed by atoms with Crippen LogP contribution in [0.2, 0.25) is 0 Å². The maximum atomic E-state index is 11.9. The lowest BCUT2D eigenvalue weighted by molar-refractivity contribution is -0.116. The van der Waals surface area contributed by atoms with Crippen LogP contribution < -0.4 is 5.32 Å². The maximum Gasteiger partial charge on any atom is 0.226 e. The van der Waals surface area contributed by atoms with Crippen molar-refractivity contribution in [3.05, 3.63) is 36.2 Å². The standard InChI is InChI=1S/C13H17N5O/c1-9(18-11(3)15-10(2)17-18)7-13(19)16-12-5-4-6-14-8-12/h4-6,8-9H,7H2,1-3H3,(H,16,19)/t9-/m0/s1. The lowest BCUT2D eigenvalue weighted by Gasteiger charge is -2.13. The molecule has 0 radical (unpaired) electrons. The third-order valence-corrected chi connectivity index (χ3v) is 2.75. The van der Waals surface area contributed by atoms with Gasteiger partial charge in [0.1, 0.15) is 11.6 Å². The largest absolute Gasteiger partial charge is 0.325 e. The Labute approximate surface area is 111 Å². The molecule has 0 aliphatic carbocycles. The molecule has 2 aromatic heterocycles. The predicted molar refractivity (Wildman–Crippen MR) is 71.7 cm³/mol. The number of anilines is 1. The first-order valence-electron chi connectivity index (χ1n) is 6.16. The second-order valence-electron chi connectivity index (χ2n) is 4.49. The fourth-order valence-corrected chi connectivity index (χ4v) is 1.96. The summed E-state index contributed by atoms with van der Waals surface area (Å²) in [5, 5.41) is 7.09. The average Bonchev–Trinajstić information content (AvgIpc) is 2.69. The van der Waals surface area contributed by atoms with Crippen LogP contribution in [0.15, 0.2) is 24.5 Å². The number of nitrogens with zero attached hydrogens (tertiary/aromatic N) is 4. The molecule has 0 bridgehead atoms. The molecule has 1 amide bonds. The van der Waals surface area contributed by atoms with Crippen LogP contribution in [-0.2, 0) is 4.79 Å². The van der Waals surface area contributed by atoms with Gasteiger partial charge in [0.2, 0.25) is 5.91 Å². The van der Waals surface area contributed by atoms with E-state index in [0.717, 1.165) is 11.6 Å². The Bertz CT molecular complexity index is 564. The Balaban J connectivity index is 1.97. The zero-order valence-electron chi connectivity index (χ0n) is 11.3. The molecule has 0 aromatic carbocycles. The van der Waals surface area contributed by atoms with E-state index in [-0.39, 0.29) is 11.9 Å². The molecule has 2 rings (SSSR count). The second-order valence-corrected chi connectivity index (χ2v) is 4.49. The first-order chi connectivity index (χ1) is 9.06. The molecule has 0 spiro atoms. The summed E-state index contributed by atoms with van der Waals surface area (Å²) in [6.07, 6.45) is 3.63. The first-order valence-corrected chi connectivity index (χ1v) is 6.16. The lowest BCUT2D eigenvalue weighted by atomic mass is 10.2. The molecule has 0 aliphatic rings. The molecule has 1 N–H and O–H groups in total. The Hall–Kier alpha value is -2.24. The second kappa shape index (κ2) is 5.60. The Morgan fingerprint density at radius 1 is 1.47 bits per heavy atom. The summed E-state index contributed by atoms with van der Waals surface area (Å²) in [5.41, 5.74) is 0.700. The van der Waals surface area contributed by atoms with Gasteiger partial charge < -0.3 is 5.32 Å². The molecule has 0 aliphatic heterocycles. The summed E-state index contributed by atoms with van der Waals surface area (Å²) >= 11 is 0. The van der Waals surface area contributed by atoms with E-state index in [0.29, 0.717) is 12.1 Å². The highest BCUT2D eigenvalue weighted by molar-refractivity contribution is 5.90. The summed E-state index contributed by atoms with van der Waals surface area (Å²) in [7, 11) is 0. The van der Waals surface area contributed by atoms with Crippen molar-refractivity contribution in [2.45, 2.75) is 33.2 Å². The predicted octanol–water partition coefficient (Wildman–Crippen LogP) is 1.88. The van der Waals surface area contributed by atoms with Crippen molar-refractivity contribution in [1.82, 2.24) is 19.7 Å². The van der Waals surface area contributed by atoms with Crippen molar-refractivity contribution in [2.75, 3.05) is 5.32 Å². The minimum atomic E-state index is -0.0620. The van der Waals surface area contributed by atoms with E-state index in [9.17, 15) is 4.79 Å². The van der Waals surface area contributed by atoms with Crippen LogP contribution in [0.4, 0.5) is 5.69 Å². The van der Waals surface area contributed by atoms with E-state index < -0.39 is 0 Å². The van der Waals surface area contributed by atoms with Crippen LogP contribution in [0, 0.1) is 13.8 Å². The van der Waals surface area contributed by atoms with Crippen molar-refractivity contribution >= 4 is 11.6 Å². The quantitative estimate of drug-likeness (QED) is 0.909. The molecule has 100 valence electrons. The number of hydrogen-bond acceptors (Lipinski definition) is 4. The highest BCUT2D eigenvalue weighted by Crippen LogP contribution is 2.13. The summed E-state index contributed by atoms with van der Waals surface area (Å²) in [6, 6.07) is 3.56. The topological polar surface area (TPSA) is 72.7 Å². The SMILES string of the molecule is Cc1nc(C)n([C@@H](C)CC(=O)Nc2cccnc2)n1. The Kier molecular flexibility index (Phi) is 3.89. The minimum absolute atomic E-state index is 0.0297. The van der Waals surface area contributed by atoms with Crippen LogP contribution in [0.5, 0.6) is 0 Å². The number of aryl methyl sites for hydroxylation is 2. The third kappa shape index (κ3) is 3.37. The Morgan fingerprint density at radius 3 is 2.84 bits per heavy atom. The number of amides is 1. The average molecular weight is 259 g/mol. The summed E-state index contributed by atoms with van der Waals surface area (Å²) in [6.45, 7) is 5.67. The molecule has 1 atom stereocenters. The monoisotopic (exact) mass is 259 g/mol. The van der Waals surface area contributed by atoms with Gasteiger partial charge in [-0.25, -0.2) is 9.67 Å². The summed E-state index contributed by atoms with van der Waals surface area (Å²) in [4.78, 5) is 20.1. The zero-order chi connectivity index (χ0) is 13.8. The van der Waals surface area contributed by atoms with Crippen LogP contribution in [0.3, 0.4) is 0 Å². The van der Waals surface area contributed by atoms with Crippen LogP contribution in [-0.4, -0.2) is 25.7 Å². The van der Waals surface area contributed by atoms with Gasteiger partial charge in [-0.05, 0) is 32.9 Å². The normalized spacial score (nSPS) is 12.2. The van der Waals surface area contributed by atoms with E-state index >= 15 is 0 Å². The number of pyridine rings is 1. The van der Waals surface area contributed by atoms with E-state index in [1.165, 1.54) is 0 Å². The number of hydrogen-bond donors (Lipinski definition) is 1. The summed E-state index contributed by atoms with van der Waals surface area (Å²) < 4.78 is 1.78. The van der Waals surface area contributed by atoms with E-state index in [1.54, 1.807) is 29.2 Å². The molecule has 2 aromatic rings. The fraction of sp³-hybridized carbons (Fsp3) is 0.385. The van der Waals surface area contributed by atoms with Crippen molar-refractivity contribution < 1.29 is 4.79 Å². The van der Waals surface area contributed by atoms with Crippen LogP contribution >= 0.6 is 0 Å². The first kappa shape index (κ1) is 13.2. The van der Waals surface area contributed by atoms with Gasteiger partial charge in [-0.15, -0.1) is 0 Å². The maximum absolute atomic E-state index is 11.9. The molecule has 0 saturated carbocycles.